The van der Waals surface area contributed by atoms with Gasteiger partial charge in [0.1, 0.15) is 0 Å². The van der Waals surface area contributed by atoms with E-state index in [0.717, 1.165) is 32.7 Å². The molecular formula is C10H21ClN2O2. The fourth-order valence-corrected chi connectivity index (χ4v) is 1.74. The van der Waals surface area contributed by atoms with Crippen molar-refractivity contribution in [2.75, 3.05) is 39.9 Å². The van der Waals surface area contributed by atoms with Crippen LogP contribution in [-0.4, -0.2) is 50.7 Å². The summed E-state index contributed by atoms with van der Waals surface area (Å²) in [5.41, 5.74) is 0. The van der Waals surface area contributed by atoms with Gasteiger partial charge in [0.15, 0.2) is 0 Å². The monoisotopic (exact) mass is 236 g/mol. The van der Waals surface area contributed by atoms with E-state index in [0.29, 0.717) is 12.5 Å². The van der Waals surface area contributed by atoms with Gasteiger partial charge in [-0.25, -0.2) is 0 Å². The average molecular weight is 237 g/mol. The van der Waals surface area contributed by atoms with Crippen molar-refractivity contribution in [1.29, 1.82) is 0 Å². The summed E-state index contributed by atoms with van der Waals surface area (Å²) in [7, 11) is 1.80. The van der Waals surface area contributed by atoms with Crippen LogP contribution in [0.4, 0.5) is 0 Å². The van der Waals surface area contributed by atoms with Crippen LogP contribution in [0.15, 0.2) is 0 Å². The largest absolute Gasteiger partial charge is 0.381 e. The van der Waals surface area contributed by atoms with Crippen molar-refractivity contribution in [3.8, 4) is 0 Å². The minimum Gasteiger partial charge on any atom is -0.381 e. The highest BCUT2D eigenvalue weighted by atomic mass is 35.5. The average Bonchev–Trinajstić information content (AvgIpc) is 2.63. The van der Waals surface area contributed by atoms with Gasteiger partial charge >= 0.3 is 0 Å². The van der Waals surface area contributed by atoms with Crippen LogP contribution in [0, 0.1) is 5.92 Å². The minimum absolute atomic E-state index is 0. The van der Waals surface area contributed by atoms with Crippen molar-refractivity contribution in [2.24, 2.45) is 5.92 Å². The van der Waals surface area contributed by atoms with E-state index in [9.17, 15) is 4.79 Å². The first-order valence-corrected chi connectivity index (χ1v) is 5.28. The third-order valence-corrected chi connectivity index (χ3v) is 2.52. The Morgan fingerprint density at radius 1 is 1.60 bits per heavy atom. The first kappa shape index (κ1) is 14.7. The maximum Gasteiger partial charge on any atom is 0.236 e. The molecule has 1 aliphatic heterocycles. The molecule has 15 heavy (non-hydrogen) atoms. The van der Waals surface area contributed by atoms with Crippen LogP contribution in [0.3, 0.4) is 0 Å². The lowest BCUT2D eigenvalue weighted by molar-refractivity contribution is -0.129. The number of ether oxygens (including phenoxy) is 1. The normalized spacial score (nSPS) is 20.1. The number of rotatable bonds is 5. The van der Waals surface area contributed by atoms with E-state index in [-0.39, 0.29) is 18.3 Å². The molecule has 0 radical (unpaired) electrons. The topological polar surface area (TPSA) is 41.6 Å². The van der Waals surface area contributed by atoms with Crippen molar-refractivity contribution in [3.05, 3.63) is 0 Å². The molecule has 0 aromatic rings. The van der Waals surface area contributed by atoms with Crippen LogP contribution in [-0.2, 0) is 9.53 Å². The van der Waals surface area contributed by atoms with E-state index in [1.807, 2.05) is 11.8 Å². The summed E-state index contributed by atoms with van der Waals surface area (Å²) in [5, 5.41) is 2.88. The van der Waals surface area contributed by atoms with Gasteiger partial charge in [0.25, 0.3) is 0 Å². The number of hydrogen-bond acceptors (Lipinski definition) is 3. The molecule has 1 saturated heterocycles. The molecule has 1 aliphatic rings. The number of carbonyl (C=O) groups is 1. The maximum absolute atomic E-state index is 11.5. The third-order valence-electron chi connectivity index (χ3n) is 2.52. The van der Waals surface area contributed by atoms with Gasteiger partial charge in [0.05, 0.1) is 13.2 Å². The van der Waals surface area contributed by atoms with E-state index in [1.165, 1.54) is 0 Å². The first-order chi connectivity index (χ1) is 6.77. The summed E-state index contributed by atoms with van der Waals surface area (Å²) in [6.07, 6.45) is 1.08. The Labute approximate surface area is 97.8 Å². The lowest BCUT2D eigenvalue weighted by atomic mass is 10.1. The molecule has 0 aliphatic carbocycles. The van der Waals surface area contributed by atoms with Crippen LogP contribution < -0.4 is 5.32 Å². The van der Waals surface area contributed by atoms with Crippen molar-refractivity contribution in [3.63, 3.8) is 0 Å². The van der Waals surface area contributed by atoms with Gasteiger partial charge in [-0.2, -0.15) is 0 Å². The SMILES string of the molecule is CCOCC1CCN(C(=O)CNC)C1.Cl. The standard InChI is InChI=1S/C10H20N2O2.ClH/c1-3-14-8-9-4-5-12(7-9)10(13)6-11-2;/h9,11H,3-8H2,1-2H3;1H. The Hall–Kier alpha value is -0.320. The van der Waals surface area contributed by atoms with Crippen molar-refractivity contribution in [1.82, 2.24) is 10.2 Å². The lowest BCUT2D eigenvalue weighted by Crippen LogP contribution is -2.35. The molecular weight excluding hydrogens is 216 g/mol. The van der Waals surface area contributed by atoms with Gasteiger partial charge in [-0.15, -0.1) is 12.4 Å². The molecule has 0 bridgehead atoms. The zero-order valence-corrected chi connectivity index (χ0v) is 10.3. The summed E-state index contributed by atoms with van der Waals surface area (Å²) in [6.45, 7) is 5.75. The summed E-state index contributed by atoms with van der Waals surface area (Å²) in [5.74, 6) is 0.738. The molecule has 0 aromatic heterocycles. The van der Waals surface area contributed by atoms with E-state index >= 15 is 0 Å². The van der Waals surface area contributed by atoms with Gasteiger partial charge in [-0.3, -0.25) is 4.79 Å². The Morgan fingerprint density at radius 2 is 2.33 bits per heavy atom. The van der Waals surface area contributed by atoms with Gasteiger partial charge in [0.2, 0.25) is 5.91 Å². The van der Waals surface area contributed by atoms with Crippen LogP contribution in [0.25, 0.3) is 0 Å². The molecule has 90 valence electrons. The molecule has 1 fully saturated rings. The number of halogens is 1. The summed E-state index contributed by atoms with van der Waals surface area (Å²) < 4.78 is 5.35. The van der Waals surface area contributed by atoms with Crippen molar-refractivity contribution >= 4 is 18.3 Å². The molecule has 4 nitrogen and oxygen atoms in total. The van der Waals surface area contributed by atoms with E-state index in [1.54, 1.807) is 7.05 Å². The second kappa shape index (κ2) is 7.91. The number of likely N-dealkylation sites (tertiary alicyclic amines) is 1. The third kappa shape index (κ3) is 4.82. The number of likely N-dealkylation sites (N-methyl/N-ethyl adjacent to an activating group) is 1. The number of nitrogens with one attached hydrogen (secondary N) is 1. The molecule has 1 heterocycles. The quantitative estimate of drug-likeness (QED) is 0.757. The zero-order chi connectivity index (χ0) is 10.4. The number of nitrogens with zero attached hydrogens (tertiary/aromatic N) is 1. The second-order valence-corrected chi connectivity index (χ2v) is 3.68. The van der Waals surface area contributed by atoms with Gasteiger partial charge < -0.3 is 15.0 Å². The molecule has 1 unspecified atom stereocenters. The highest BCUT2D eigenvalue weighted by molar-refractivity contribution is 5.85. The van der Waals surface area contributed by atoms with E-state index in [2.05, 4.69) is 5.32 Å². The van der Waals surface area contributed by atoms with Crippen LogP contribution >= 0.6 is 12.4 Å². The van der Waals surface area contributed by atoms with Crippen LogP contribution in [0.5, 0.6) is 0 Å². The molecule has 5 heteroatoms. The predicted molar refractivity (Wildman–Crippen MR) is 62.4 cm³/mol. The lowest BCUT2D eigenvalue weighted by Gasteiger charge is -2.16. The predicted octanol–water partition coefficient (Wildman–Crippen LogP) is 0.513. The molecule has 1 amide bonds. The van der Waals surface area contributed by atoms with Crippen LogP contribution in [0.1, 0.15) is 13.3 Å². The first-order valence-electron chi connectivity index (χ1n) is 5.28. The fraction of sp³-hybridized carbons (Fsp3) is 0.900. The Morgan fingerprint density at radius 3 is 2.93 bits per heavy atom. The Balaban J connectivity index is 0.00000196. The van der Waals surface area contributed by atoms with Crippen molar-refractivity contribution in [2.45, 2.75) is 13.3 Å². The van der Waals surface area contributed by atoms with Gasteiger partial charge in [0, 0.05) is 25.6 Å². The molecule has 0 spiro atoms. The molecule has 1 rings (SSSR count). The minimum atomic E-state index is 0. The summed E-state index contributed by atoms with van der Waals surface area (Å²) in [6, 6.07) is 0. The molecule has 0 aromatic carbocycles. The summed E-state index contributed by atoms with van der Waals surface area (Å²) in [4.78, 5) is 13.4. The van der Waals surface area contributed by atoms with E-state index < -0.39 is 0 Å². The molecule has 0 saturated carbocycles. The second-order valence-electron chi connectivity index (χ2n) is 3.68. The molecule has 1 N–H and O–H groups in total. The van der Waals surface area contributed by atoms with Gasteiger partial charge in [-0.05, 0) is 20.4 Å². The van der Waals surface area contributed by atoms with Gasteiger partial charge in [-0.1, -0.05) is 0 Å². The fourth-order valence-electron chi connectivity index (χ4n) is 1.74. The highest BCUT2D eigenvalue weighted by Crippen LogP contribution is 2.16. The van der Waals surface area contributed by atoms with E-state index in [4.69, 9.17) is 4.74 Å². The maximum atomic E-state index is 11.5. The highest BCUT2D eigenvalue weighted by Gasteiger charge is 2.25. The smallest absolute Gasteiger partial charge is 0.236 e. The Kier molecular flexibility index (Phi) is 7.74. The number of amides is 1. The summed E-state index contributed by atoms with van der Waals surface area (Å²) >= 11 is 0. The molecule has 1 atom stereocenters. The zero-order valence-electron chi connectivity index (χ0n) is 9.49. The Bertz CT molecular complexity index is 190. The number of hydrogen-bond donors (Lipinski definition) is 1. The number of carbonyl (C=O) groups excluding carboxylic acids is 1. The van der Waals surface area contributed by atoms with Crippen molar-refractivity contribution < 1.29 is 9.53 Å². The van der Waals surface area contributed by atoms with Crippen LogP contribution in [0.2, 0.25) is 0 Å².